The summed E-state index contributed by atoms with van der Waals surface area (Å²) in [5.74, 6) is 2.23. The van der Waals surface area contributed by atoms with Crippen molar-refractivity contribution in [3.8, 4) is 5.75 Å². The first-order valence-electron chi connectivity index (χ1n) is 8.94. The second-order valence-corrected chi connectivity index (χ2v) is 7.47. The molecule has 4 rings (SSSR count). The van der Waals surface area contributed by atoms with Gasteiger partial charge in [0.05, 0.1) is 24.5 Å². The van der Waals surface area contributed by atoms with Crippen molar-refractivity contribution in [2.24, 2.45) is 0 Å². The van der Waals surface area contributed by atoms with Crippen LogP contribution in [0.3, 0.4) is 0 Å². The molecule has 27 heavy (non-hydrogen) atoms. The van der Waals surface area contributed by atoms with Crippen LogP contribution in [-0.2, 0) is 6.42 Å². The first-order valence-corrected chi connectivity index (χ1v) is 9.82. The first kappa shape index (κ1) is 17.7. The Morgan fingerprint density at radius 1 is 1.41 bits per heavy atom. The van der Waals surface area contributed by atoms with Crippen molar-refractivity contribution in [1.82, 2.24) is 14.9 Å². The number of thiazole rings is 1. The number of aryl methyl sites for hydroxylation is 1. The Labute approximate surface area is 161 Å². The zero-order chi connectivity index (χ0) is 18.8. The normalized spacial score (nSPS) is 16.7. The molecule has 6 nitrogen and oxygen atoms in total. The van der Waals surface area contributed by atoms with E-state index < -0.39 is 0 Å². The summed E-state index contributed by atoms with van der Waals surface area (Å²) in [6.07, 6.45) is 4.21. The van der Waals surface area contributed by atoms with Crippen LogP contribution in [0.5, 0.6) is 5.75 Å². The van der Waals surface area contributed by atoms with E-state index in [1.807, 2.05) is 36.1 Å². The highest BCUT2D eigenvalue weighted by Gasteiger charge is 2.35. The summed E-state index contributed by atoms with van der Waals surface area (Å²) in [5, 5.41) is 0. The first-order chi connectivity index (χ1) is 13.2. The van der Waals surface area contributed by atoms with Gasteiger partial charge in [0.15, 0.2) is 0 Å². The fourth-order valence-electron chi connectivity index (χ4n) is 3.45. The zero-order valence-corrected chi connectivity index (χ0v) is 16.2. The molecule has 1 atom stereocenters. The monoisotopic (exact) mass is 383 g/mol. The van der Waals surface area contributed by atoms with Crippen molar-refractivity contribution >= 4 is 17.2 Å². The SMILES string of the molecule is COc1cccc(Cc2cnc(C3CCCN3C(=O)c3scnc3C)o2)c1. The van der Waals surface area contributed by atoms with Gasteiger partial charge in [-0.1, -0.05) is 12.1 Å². The molecule has 0 aliphatic carbocycles. The van der Waals surface area contributed by atoms with E-state index >= 15 is 0 Å². The van der Waals surface area contributed by atoms with Crippen LogP contribution in [0.15, 0.2) is 40.4 Å². The van der Waals surface area contributed by atoms with Crippen LogP contribution in [-0.4, -0.2) is 34.4 Å². The van der Waals surface area contributed by atoms with Gasteiger partial charge < -0.3 is 14.1 Å². The van der Waals surface area contributed by atoms with Crippen LogP contribution >= 0.6 is 11.3 Å². The molecule has 1 aliphatic rings. The lowest BCUT2D eigenvalue weighted by Gasteiger charge is -2.21. The van der Waals surface area contributed by atoms with Crippen molar-refractivity contribution < 1.29 is 13.9 Å². The van der Waals surface area contributed by atoms with E-state index in [0.717, 1.165) is 35.6 Å². The summed E-state index contributed by atoms with van der Waals surface area (Å²) in [5.41, 5.74) is 3.59. The standard InChI is InChI=1S/C20H21N3O3S/c1-13-18(27-12-22-13)20(24)23-8-4-7-17(23)19-21-11-16(26-19)10-14-5-3-6-15(9-14)25-2/h3,5-6,9,11-12,17H,4,7-8,10H2,1-2H3. The van der Waals surface area contributed by atoms with E-state index in [1.54, 1.807) is 18.8 Å². The maximum absolute atomic E-state index is 12.9. The number of rotatable bonds is 5. The van der Waals surface area contributed by atoms with Crippen LogP contribution in [0.2, 0.25) is 0 Å². The van der Waals surface area contributed by atoms with Gasteiger partial charge in [-0.3, -0.25) is 4.79 Å². The van der Waals surface area contributed by atoms with E-state index in [9.17, 15) is 4.79 Å². The number of carbonyl (C=O) groups is 1. The lowest BCUT2D eigenvalue weighted by Crippen LogP contribution is -2.30. The third-order valence-electron chi connectivity index (χ3n) is 4.82. The minimum atomic E-state index is -0.113. The summed E-state index contributed by atoms with van der Waals surface area (Å²) in [6, 6.07) is 7.78. The Morgan fingerprint density at radius 2 is 2.30 bits per heavy atom. The maximum Gasteiger partial charge on any atom is 0.266 e. The predicted octanol–water partition coefficient (Wildman–Crippen LogP) is 4.02. The average Bonchev–Trinajstić information content (AvgIpc) is 3.41. The largest absolute Gasteiger partial charge is 0.497 e. The molecule has 0 radical (unpaired) electrons. The number of carbonyl (C=O) groups excluding carboxylic acids is 1. The molecule has 0 spiro atoms. The lowest BCUT2D eigenvalue weighted by molar-refractivity contribution is 0.0718. The molecule has 7 heteroatoms. The van der Waals surface area contributed by atoms with Gasteiger partial charge in [0, 0.05) is 13.0 Å². The molecule has 3 heterocycles. The molecule has 0 saturated carbocycles. The molecule has 0 bridgehead atoms. The highest BCUT2D eigenvalue weighted by molar-refractivity contribution is 7.11. The molecule has 1 aromatic carbocycles. The smallest absolute Gasteiger partial charge is 0.266 e. The van der Waals surface area contributed by atoms with Crippen LogP contribution in [0.1, 0.15) is 51.5 Å². The van der Waals surface area contributed by atoms with Crippen LogP contribution in [0.25, 0.3) is 0 Å². The number of methoxy groups -OCH3 is 1. The van der Waals surface area contributed by atoms with E-state index in [0.29, 0.717) is 23.7 Å². The van der Waals surface area contributed by atoms with E-state index in [4.69, 9.17) is 9.15 Å². The van der Waals surface area contributed by atoms with Gasteiger partial charge in [0.25, 0.3) is 5.91 Å². The summed E-state index contributed by atoms with van der Waals surface area (Å²) in [4.78, 5) is 24.1. The molecule has 140 valence electrons. The molecule has 1 fully saturated rings. The average molecular weight is 383 g/mol. The summed E-state index contributed by atoms with van der Waals surface area (Å²) < 4.78 is 11.3. The zero-order valence-electron chi connectivity index (χ0n) is 15.3. The number of amides is 1. The number of aromatic nitrogens is 2. The summed E-state index contributed by atoms with van der Waals surface area (Å²) in [7, 11) is 1.65. The Morgan fingerprint density at radius 3 is 3.07 bits per heavy atom. The molecule has 0 N–H and O–H groups in total. The molecule has 3 aromatic rings. The molecule has 1 saturated heterocycles. The van der Waals surface area contributed by atoms with E-state index in [2.05, 4.69) is 9.97 Å². The van der Waals surface area contributed by atoms with Crippen molar-refractivity contribution in [2.45, 2.75) is 32.2 Å². The Bertz CT molecular complexity index is 949. The van der Waals surface area contributed by atoms with Crippen molar-refractivity contribution in [3.63, 3.8) is 0 Å². The number of hydrogen-bond acceptors (Lipinski definition) is 6. The van der Waals surface area contributed by atoms with Gasteiger partial charge in [-0.2, -0.15) is 0 Å². The third-order valence-corrected chi connectivity index (χ3v) is 5.74. The molecule has 1 unspecified atom stereocenters. The highest BCUT2D eigenvalue weighted by Crippen LogP contribution is 2.34. The number of ether oxygens (including phenoxy) is 1. The maximum atomic E-state index is 12.9. The fraction of sp³-hybridized carbons (Fsp3) is 0.350. The molecular formula is C20H21N3O3S. The molecule has 2 aromatic heterocycles. The Kier molecular flexibility index (Phi) is 4.94. The molecular weight excluding hydrogens is 362 g/mol. The van der Waals surface area contributed by atoms with Crippen molar-refractivity contribution in [1.29, 1.82) is 0 Å². The van der Waals surface area contributed by atoms with Gasteiger partial charge >= 0.3 is 0 Å². The second-order valence-electron chi connectivity index (χ2n) is 6.62. The minimum Gasteiger partial charge on any atom is -0.497 e. The van der Waals surface area contributed by atoms with Crippen molar-refractivity contribution in [2.75, 3.05) is 13.7 Å². The van der Waals surface area contributed by atoms with Gasteiger partial charge in [-0.15, -0.1) is 11.3 Å². The van der Waals surface area contributed by atoms with Crippen LogP contribution in [0, 0.1) is 6.92 Å². The second kappa shape index (κ2) is 7.52. The van der Waals surface area contributed by atoms with Gasteiger partial charge in [0.2, 0.25) is 5.89 Å². The Hall–Kier alpha value is -2.67. The topological polar surface area (TPSA) is 68.5 Å². The number of hydrogen-bond donors (Lipinski definition) is 0. The summed E-state index contributed by atoms with van der Waals surface area (Å²) >= 11 is 1.39. The van der Waals surface area contributed by atoms with Crippen molar-refractivity contribution in [3.05, 3.63) is 63.8 Å². The Balaban J connectivity index is 1.51. The third kappa shape index (κ3) is 3.60. The van der Waals surface area contributed by atoms with Gasteiger partial charge in [-0.25, -0.2) is 9.97 Å². The molecule has 1 amide bonds. The number of oxazole rings is 1. The van der Waals surface area contributed by atoms with Crippen LogP contribution in [0.4, 0.5) is 0 Å². The predicted molar refractivity (Wildman–Crippen MR) is 102 cm³/mol. The van der Waals surface area contributed by atoms with Crippen LogP contribution < -0.4 is 4.74 Å². The van der Waals surface area contributed by atoms with E-state index in [-0.39, 0.29) is 11.9 Å². The number of benzene rings is 1. The van der Waals surface area contributed by atoms with Gasteiger partial charge in [0.1, 0.15) is 22.4 Å². The molecule has 1 aliphatic heterocycles. The highest BCUT2D eigenvalue weighted by atomic mass is 32.1. The minimum absolute atomic E-state index is 0.0186. The lowest BCUT2D eigenvalue weighted by atomic mass is 10.1. The van der Waals surface area contributed by atoms with E-state index in [1.165, 1.54) is 11.3 Å². The summed E-state index contributed by atoms with van der Waals surface area (Å²) in [6.45, 7) is 2.58. The van der Waals surface area contributed by atoms with Gasteiger partial charge in [-0.05, 0) is 37.5 Å². The quantitative estimate of drug-likeness (QED) is 0.666. The fourth-order valence-corrected chi connectivity index (χ4v) is 4.20. The number of likely N-dealkylation sites (tertiary alicyclic amines) is 1. The number of nitrogens with zero attached hydrogens (tertiary/aromatic N) is 3.